The van der Waals surface area contributed by atoms with Gasteiger partial charge in [-0.1, -0.05) is 12.0 Å². The van der Waals surface area contributed by atoms with Gasteiger partial charge in [0.2, 0.25) is 5.91 Å². The smallest absolute Gasteiger partial charge is 0.242 e. The van der Waals surface area contributed by atoms with Crippen molar-refractivity contribution in [1.82, 2.24) is 0 Å². The number of carbonyl (C=O) groups is 1. The van der Waals surface area contributed by atoms with Crippen LogP contribution in [0.2, 0.25) is 0 Å². The van der Waals surface area contributed by atoms with Gasteiger partial charge in [-0.25, -0.2) is 0 Å². The van der Waals surface area contributed by atoms with Crippen molar-refractivity contribution in [2.24, 2.45) is 0 Å². The molecule has 72 valence electrons. The SMILES string of the molecule is C#Cc1cccc(NC(=O)C(C)Cl)c1. The van der Waals surface area contributed by atoms with E-state index in [4.69, 9.17) is 18.0 Å². The second-order valence-corrected chi connectivity index (χ2v) is 3.49. The number of carbonyl (C=O) groups excluding carboxylic acids is 1. The van der Waals surface area contributed by atoms with E-state index in [0.29, 0.717) is 5.69 Å². The van der Waals surface area contributed by atoms with E-state index in [-0.39, 0.29) is 5.91 Å². The van der Waals surface area contributed by atoms with Gasteiger partial charge in [0.15, 0.2) is 0 Å². The van der Waals surface area contributed by atoms with Crippen LogP contribution in [-0.4, -0.2) is 11.3 Å². The molecule has 0 heterocycles. The third-order valence-electron chi connectivity index (χ3n) is 1.66. The van der Waals surface area contributed by atoms with Crippen LogP contribution in [0, 0.1) is 12.3 Å². The summed E-state index contributed by atoms with van der Waals surface area (Å²) in [4.78, 5) is 11.2. The van der Waals surface area contributed by atoms with Crippen molar-refractivity contribution in [2.75, 3.05) is 5.32 Å². The molecule has 0 aliphatic carbocycles. The number of anilines is 1. The highest BCUT2D eigenvalue weighted by molar-refractivity contribution is 6.32. The Kier molecular flexibility index (Phi) is 3.55. The molecule has 1 amide bonds. The van der Waals surface area contributed by atoms with Crippen LogP contribution in [-0.2, 0) is 4.79 Å². The average molecular weight is 208 g/mol. The zero-order valence-electron chi connectivity index (χ0n) is 7.75. The average Bonchev–Trinajstić information content (AvgIpc) is 2.18. The van der Waals surface area contributed by atoms with Gasteiger partial charge in [-0.3, -0.25) is 4.79 Å². The minimum absolute atomic E-state index is 0.235. The van der Waals surface area contributed by atoms with E-state index in [0.717, 1.165) is 5.56 Å². The number of amides is 1. The lowest BCUT2D eigenvalue weighted by molar-refractivity contribution is -0.115. The summed E-state index contributed by atoms with van der Waals surface area (Å²) in [5.41, 5.74) is 1.39. The fourth-order valence-corrected chi connectivity index (χ4v) is 0.983. The van der Waals surface area contributed by atoms with E-state index in [1.807, 2.05) is 0 Å². The molecular weight excluding hydrogens is 198 g/mol. The van der Waals surface area contributed by atoms with Crippen molar-refractivity contribution in [3.63, 3.8) is 0 Å². The normalized spacial score (nSPS) is 11.5. The van der Waals surface area contributed by atoms with E-state index >= 15 is 0 Å². The Hall–Kier alpha value is -1.46. The Bertz CT molecular complexity index is 379. The fourth-order valence-electron chi connectivity index (χ4n) is 0.928. The van der Waals surface area contributed by atoms with Crippen molar-refractivity contribution < 1.29 is 4.79 Å². The van der Waals surface area contributed by atoms with Gasteiger partial charge in [-0.15, -0.1) is 18.0 Å². The number of nitrogens with one attached hydrogen (secondary N) is 1. The van der Waals surface area contributed by atoms with Crippen molar-refractivity contribution >= 4 is 23.2 Å². The third kappa shape index (κ3) is 2.79. The highest BCUT2D eigenvalue weighted by Crippen LogP contribution is 2.10. The minimum Gasteiger partial charge on any atom is -0.325 e. The first-order valence-corrected chi connectivity index (χ1v) is 4.58. The first-order valence-electron chi connectivity index (χ1n) is 4.15. The number of rotatable bonds is 2. The zero-order valence-corrected chi connectivity index (χ0v) is 8.51. The summed E-state index contributed by atoms with van der Waals surface area (Å²) in [7, 11) is 0. The van der Waals surface area contributed by atoms with Gasteiger partial charge >= 0.3 is 0 Å². The first kappa shape index (κ1) is 10.6. The van der Waals surface area contributed by atoms with Crippen molar-refractivity contribution in [3.8, 4) is 12.3 Å². The van der Waals surface area contributed by atoms with Crippen LogP contribution in [0.3, 0.4) is 0 Å². The molecule has 0 fully saturated rings. The van der Waals surface area contributed by atoms with Crippen LogP contribution in [0.4, 0.5) is 5.69 Å². The summed E-state index contributed by atoms with van der Waals surface area (Å²) in [6.07, 6.45) is 5.22. The molecular formula is C11H10ClNO. The molecule has 0 spiro atoms. The molecule has 0 aliphatic rings. The van der Waals surface area contributed by atoms with Gasteiger partial charge in [0.25, 0.3) is 0 Å². The molecule has 1 N–H and O–H groups in total. The van der Waals surface area contributed by atoms with Crippen LogP contribution in [0.15, 0.2) is 24.3 Å². The number of terminal acetylenes is 1. The summed E-state index contributed by atoms with van der Waals surface area (Å²) in [5, 5.41) is 2.10. The Morgan fingerprint density at radius 2 is 2.36 bits per heavy atom. The molecule has 0 saturated heterocycles. The molecule has 0 aliphatic heterocycles. The number of hydrogen-bond donors (Lipinski definition) is 1. The summed E-state index contributed by atoms with van der Waals surface area (Å²) in [5.74, 6) is 2.25. The summed E-state index contributed by atoms with van der Waals surface area (Å²) in [6.45, 7) is 1.61. The Balaban J connectivity index is 2.78. The molecule has 1 rings (SSSR count). The lowest BCUT2D eigenvalue weighted by Crippen LogP contribution is -2.20. The van der Waals surface area contributed by atoms with E-state index in [1.54, 1.807) is 31.2 Å². The molecule has 0 radical (unpaired) electrons. The molecule has 1 aromatic carbocycles. The first-order chi connectivity index (χ1) is 6.63. The highest BCUT2D eigenvalue weighted by Gasteiger charge is 2.08. The van der Waals surface area contributed by atoms with E-state index in [1.165, 1.54) is 0 Å². The minimum atomic E-state index is -0.551. The predicted molar refractivity (Wildman–Crippen MR) is 58.3 cm³/mol. The molecule has 2 nitrogen and oxygen atoms in total. The van der Waals surface area contributed by atoms with Gasteiger partial charge in [0, 0.05) is 11.3 Å². The summed E-state index contributed by atoms with van der Waals surface area (Å²) >= 11 is 5.60. The Labute approximate surface area is 88.3 Å². The van der Waals surface area contributed by atoms with Crippen molar-refractivity contribution in [1.29, 1.82) is 0 Å². The standard InChI is InChI=1S/C11H10ClNO/c1-3-9-5-4-6-10(7-9)13-11(14)8(2)12/h1,4-8H,2H3,(H,13,14). The Morgan fingerprint density at radius 3 is 2.93 bits per heavy atom. The maximum atomic E-state index is 11.2. The monoisotopic (exact) mass is 207 g/mol. The maximum Gasteiger partial charge on any atom is 0.242 e. The molecule has 1 atom stereocenters. The highest BCUT2D eigenvalue weighted by atomic mass is 35.5. The molecule has 0 saturated carbocycles. The topological polar surface area (TPSA) is 29.1 Å². The molecule has 3 heteroatoms. The molecule has 0 bridgehead atoms. The lowest BCUT2D eigenvalue weighted by atomic mass is 10.2. The van der Waals surface area contributed by atoms with Crippen LogP contribution >= 0.6 is 11.6 Å². The molecule has 14 heavy (non-hydrogen) atoms. The zero-order chi connectivity index (χ0) is 10.6. The lowest BCUT2D eigenvalue weighted by Gasteiger charge is -2.06. The van der Waals surface area contributed by atoms with Crippen LogP contribution < -0.4 is 5.32 Å². The largest absolute Gasteiger partial charge is 0.325 e. The van der Waals surface area contributed by atoms with E-state index in [9.17, 15) is 4.79 Å². The van der Waals surface area contributed by atoms with E-state index < -0.39 is 5.38 Å². The third-order valence-corrected chi connectivity index (χ3v) is 1.86. The fraction of sp³-hybridized carbons (Fsp3) is 0.182. The number of alkyl halides is 1. The molecule has 0 aromatic heterocycles. The summed E-state index contributed by atoms with van der Waals surface area (Å²) in [6, 6.07) is 7.05. The quantitative estimate of drug-likeness (QED) is 0.585. The van der Waals surface area contributed by atoms with Gasteiger partial charge < -0.3 is 5.32 Å². The van der Waals surface area contributed by atoms with Crippen molar-refractivity contribution in [2.45, 2.75) is 12.3 Å². The van der Waals surface area contributed by atoms with Gasteiger partial charge in [0.1, 0.15) is 5.38 Å². The Morgan fingerprint density at radius 1 is 1.64 bits per heavy atom. The number of halogens is 1. The predicted octanol–water partition coefficient (Wildman–Crippen LogP) is 2.23. The van der Waals surface area contributed by atoms with Gasteiger partial charge in [0.05, 0.1) is 0 Å². The number of hydrogen-bond acceptors (Lipinski definition) is 1. The van der Waals surface area contributed by atoms with Crippen LogP contribution in [0.1, 0.15) is 12.5 Å². The van der Waals surface area contributed by atoms with Gasteiger partial charge in [-0.05, 0) is 25.1 Å². The number of benzene rings is 1. The van der Waals surface area contributed by atoms with Crippen LogP contribution in [0.25, 0.3) is 0 Å². The second-order valence-electron chi connectivity index (χ2n) is 2.83. The van der Waals surface area contributed by atoms with Gasteiger partial charge in [-0.2, -0.15) is 0 Å². The summed E-state index contributed by atoms with van der Waals surface area (Å²) < 4.78 is 0. The second kappa shape index (κ2) is 4.69. The molecule has 1 unspecified atom stereocenters. The van der Waals surface area contributed by atoms with E-state index in [2.05, 4.69) is 11.2 Å². The van der Waals surface area contributed by atoms with Crippen LogP contribution in [0.5, 0.6) is 0 Å². The van der Waals surface area contributed by atoms with Crippen molar-refractivity contribution in [3.05, 3.63) is 29.8 Å². The maximum absolute atomic E-state index is 11.2. The molecule has 1 aromatic rings.